The number of hydrogen-bond acceptors (Lipinski definition) is 6. The highest BCUT2D eigenvalue weighted by Crippen LogP contribution is 2.16. The second-order valence-electron chi connectivity index (χ2n) is 6.07. The number of nitrogens with zero attached hydrogens (tertiary/aromatic N) is 2. The second kappa shape index (κ2) is 7.24. The van der Waals surface area contributed by atoms with Gasteiger partial charge in [-0.3, -0.25) is 14.4 Å². The molecule has 0 aliphatic carbocycles. The van der Waals surface area contributed by atoms with Crippen molar-refractivity contribution in [1.29, 1.82) is 0 Å². The lowest BCUT2D eigenvalue weighted by atomic mass is 10.1. The Bertz CT molecular complexity index is 1260. The van der Waals surface area contributed by atoms with Crippen molar-refractivity contribution >= 4 is 38.1 Å². The molecule has 3 N–H and O–H groups in total. The topological polar surface area (TPSA) is 141 Å². The van der Waals surface area contributed by atoms with E-state index in [1.165, 1.54) is 30.3 Å². The van der Waals surface area contributed by atoms with Crippen molar-refractivity contribution in [3.8, 4) is 0 Å². The van der Waals surface area contributed by atoms with Crippen LogP contribution in [0.2, 0.25) is 0 Å². The van der Waals surface area contributed by atoms with Crippen LogP contribution < -0.4 is 16.6 Å². The van der Waals surface area contributed by atoms with E-state index >= 15 is 0 Å². The summed E-state index contributed by atoms with van der Waals surface area (Å²) in [4.78, 5) is 36.6. The maximum absolute atomic E-state index is 12.6. The molecule has 2 aromatic carbocycles. The Morgan fingerprint density at radius 1 is 1.11 bits per heavy atom. The summed E-state index contributed by atoms with van der Waals surface area (Å²) < 4.78 is 24.1. The van der Waals surface area contributed by atoms with Crippen molar-refractivity contribution in [2.45, 2.75) is 11.4 Å². The lowest BCUT2D eigenvalue weighted by Crippen LogP contribution is -2.32. The quantitative estimate of drug-likeness (QED) is 0.640. The fraction of sp³-hybridized carbons (Fsp3) is 0.111. The molecule has 28 heavy (non-hydrogen) atoms. The molecule has 9 nitrogen and oxygen atoms in total. The third kappa shape index (κ3) is 3.91. The van der Waals surface area contributed by atoms with E-state index in [1.54, 1.807) is 18.2 Å². The molecule has 0 radical (unpaired) electrons. The van der Waals surface area contributed by atoms with Gasteiger partial charge in [-0.05, 0) is 24.3 Å². The van der Waals surface area contributed by atoms with Crippen LogP contribution in [-0.2, 0) is 21.2 Å². The maximum Gasteiger partial charge on any atom is 0.275 e. The standard InChI is InChI=1S/C18H16N4O5S/c1-28(26,27)12-6-4-5-11(9-12)20-15(23)10-22-18(25)14-8-3-2-7-13(14)16(21-22)17(19)24/h2-9H,10H2,1H3,(H2,19,24)(H,20,23). The normalized spacial score (nSPS) is 11.3. The summed E-state index contributed by atoms with van der Waals surface area (Å²) in [5, 5.41) is 6.93. The van der Waals surface area contributed by atoms with Crippen LogP contribution in [-0.4, -0.2) is 36.3 Å². The smallest absolute Gasteiger partial charge is 0.275 e. The number of aromatic nitrogens is 2. The molecule has 1 aromatic heterocycles. The molecule has 0 aliphatic rings. The van der Waals surface area contributed by atoms with Gasteiger partial charge in [-0.25, -0.2) is 13.1 Å². The summed E-state index contributed by atoms with van der Waals surface area (Å²) in [6, 6.07) is 12.0. The van der Waals surface area contributed by atoms with Crippen molar-refractivity contribution < 1.29 is 18.0 Å². The van der Waals surface area contributed by atoms with Gasteiger partial charge in [0.15, 0.2) is 15.5 Å². The second-order valence-corrected chi connectivity index (χ2v) is 8.09. The zero-order valence-corrected chi connectivity index (χ0v) is 15.6. The Hall–Kier alpha value is -3.53. The molecule has 0 fully saturated rings. The summed E-state index contributed by atoms with van der Waals surface area (Å²) in [6.45, 7) is -0.479. The van der Waals surface area contributed by atoms with Crippen LogP contribution in [0.5, 0.6) is 0 Å². The molecule has 0 saturated carbocycles. The van der Waals surface area contributed by atoms with Crippen molar-refractivity contribution in [3.05, 3.63) is 64.6 Å². The summed E-state index contributed by atoms with van der Waals surface area (Å²) in [5.41, 5.74) is 4.91. The van der Waals surface area contributed by atoms with Crippen LogP contribution in [0.15, 0.2) is 58.2 Å². The summed E-state index contributed by atoms with van der Waals surface area (Å²) >= 11 is 0. The molecule has 2 amide bonds. The van der Waals surface area contributed by atoms with Crippen molar-refractivity contribution in [1.82, 2.24) is 9.78 Å². The molecule has 0 saturated heterocycles. The number of carbonyl (C=O) groups is 2. The largest absolute Gasteiger partial charge is 0.364 e. The number of primary amides is 1. The average molecular weight is 400 g/mol. The van der Waals surface area contributed by atoms with Gasteiger partial charge >= 0.3 is 0 Å². The highest BCUT2D eigenvalue weighted by atomic mass is 32.2. The Labute approximate surface area is 159 Å². The van der Waals surface area contributed by atoms with Gasteiger partial charge in [-0.15, -0.1) is 0 Å². The number of sulfone groups is 1. The van der Waals surface area contributed by atoms with Gasteiger partial charge in [0.2, 0.25) is 5.91 Å². The molecular formula is C18H16N4O5S. The summed E-state index contributed by atoms with van der Waals surface area (Å²) in [7, 11) is -3.44. The first-order valence-electron chi connectivity index (χ1n) is 8.06. The minimum atomic E-state index is -3.44. The molecule has 0 unspecified atom stereocenters. The van der Waals surface area contributed by atoms with Gasteiger partial charge < -0.3 is 11.1 Å². The van der Waals surface area contributed by atoms with Gasteiger partial charge in [0, 0.05) is 17.3 Å². The van der Waals surface area contributed by atoms with Crippen LogP contribution in [0.25, 0.3) is 10.8 Å². The third-order valence-electron chi connectivity index (χ3n) is 3.94. The van der Waals surface area contributed by atoms with Crippen molar-refractivity contribution in [3.63, 3.8) is 0 Å². The first-order chi connectivity index (χ1) is 13.2. The Morgan fingerprint density at radius 2 is 1.79 bits per heavy atom. The molecule has 144 valence electrons. The van der Waals surface area contributed by atoms with Gasteiger partial charge in [-0.1, -0.05) is 24.3 Å². The summed E-state index contributed by atoms with van der Waals surface area (Å²) in [6.07, 6.45) is 1.05. The van der Waals surface area contributed by atoms with Crippen molar-refractivity contribution in [2.75, 3.05) is 11.6 Å². The molecule has 3 rings (SSSR count). The fourth-order valence-electron chi connectivity index (χ4n) is 2.67. The lowest BCUT2D eigenvalue weighted by molar-refractivity contribution is -0.117. The van der Waals surface area contributed by atoms with Crippen molar-refractivity contribution in [2.24, 2.45) is 5.73 Å². The predicted octanol–water partition coefficient (Wildman–Crippen LogP) is 0.538. The van der Waals surface area contributed by atoms with E-state index in [0.717, 1.165) is 10.9 Å². The van der Waals surface area contributed by atoms with E-state index in [9.17, 15) is 22.8 Å². The van der Waals surface area contributed by atoms with Crippen LogP contribution in [0.3, 0.4) is 0 Å². The monoisotopic (exact) mass is 400 g/mol. The SMILES string of the molecule is CS(=O)(=O)c1cccc(NC(=O)Cn2nc(C(N)=O)c3ccccc3c2=O)c1. The minimum Gasteiger partial charge on any atom is -0.364 e. The Balaban J connectivity index is 1.93. The number of fused-ring (bicyclic) bond motifs is 1. The lowest BCUT2D eigenvalue weighted by Gasteiger charge is -2.10. The number of nitrogens with two attached hydrogens (primary N) is 1. The minimum absolute atomic E-state index is 0.0438. The number of hydrogen-bond donors (Lipinski definition) is 2. The van der Waals surface area contributed by atoms with Gasteiger partial charge in [-0.2, -0.15) is 5.10 Å². The Morgan fingerprint density at radius 3 is 2.43 bits per heavy atom. The van der Waals surface area contributed by atoms with E-state index in [0.29, 0.717) is 5.39 Å². The first-order valence-corrected chi connectivity index (χ1v) is 9.95. The molecular weight excluding hydrogens is 384 g/mol. The summed E-state index contributed by atoms with van der Waals surface area (Å²) in [5.74, 6) is -1.45. The molecule has 0 atom stereocenters. The molecule has 0 spiro atoms. The van der Waals surface area contributed by atoms with Crippen LogP contribution >= 0.6 is 0 Å². The first kappa shape index (κ1) is 19.2. The number of benzene rings is 2. The zero-order chi connectivity index (χ0) is 20.5. The van der Waals surface area contributed by atoms with E-state index in [1.807, 2.05) is 0 Å². The number of nitrogens with one attached hydrogen (secondary N) is 1. The predicted molar refractivity (Wildman–Crippen MR) is 103 cm³/mol. The fourth-order valence-corrected chi connectivity index (χ4v) is 3.33. The highest BCUT2D eigenvalue weighted by molar-refractivity contribution is 7.90. The van der Waals surface area contributed by atoms with Gasteiger partial charge in [0.05, 0.1) is 10.3 Å². The van der Waals surface area contributed by atoms with Crippen LogP contribution in [0, 0.1) is 0 Å². The zero-order valence-electron chi connectivity index (χ0n) is 14.7. The van der Waals surface area contributed by atoms with Gasteiger partial charge in [0.25, 0.3) is 11.5 Å². The molecule has 0 bridgehead atoms. The molecule has 3 aromatic rings. The van der Waals surface area contributed by atoms with E-state index in [4.69, 9.17) is 5.73 Å². The third-order valence-corrected chi connectivity index (χ3v) is 5.05. The number of rotatable bonds is 5. The van der Waals surface area contributed by atoms with E-state index in [-0.39, 0.29) is 21.7 Å². The van der Waals surface area contributed by atoms with Crippen LogP contribution in [0.4, 0.5) is 5.69 Å². The Kier molecular flexibility index (Phi) is 4.97. The van der Waals surface area contributed by atoms with E-state index < -0.39 is 33.8 Å². The van der Waals surface area contributed by atoms with Gasteiger partial charge in [0.1, 0.15) is 6.54 Å². The molecule has 0 aliphatic heterocycles. The van der Waals surface area contributed by atoms with Crippen LogP contribution in [0.1, 0.15) is 10.5 Å². The molecule has 10 heteroatoms. The number of amides is 2. The average Bonchev–Trinajstić information content (AvgIpc) is 2.63. The highest BCUT2D eigenvalue weighted by Gasteiger charge is 2.16. The van der Waals surface area contributed by atoms with E-state index in [2.05, 4.69) is 10.4 Å². The molecule has 1 heterocycles. The number of anilines is 1. The maximum atomic E-state index is 12.6. The number of carbonyl (C=O) groups excluding carboxylic acids is 2.